The molecule has 1 amide bonds. The molecule has 1 rings (SSSR count). The standard InChI is InChI=1S/C13H18BrNO2/c1-13(2,3)10-6-11(14)9(12(15)16)5-8(10)7-17-4/h5-6H,7H2,1-4H3,(H2,15,16). The second kappa shape index (κ2) is 5.19. The van der Waals surface area contributed by atoms with Crippen LogP contribution in [0.5, 0.6) is 0 Å². The highest BCUT2D eigenvalue weighted by molar-refractivity contribution is 9.10. The molecular weight excluding hydrogens is 282 g/mol. The lowest BCUT2D eigenvalue weighted by molar-refractivity contribution is 0.0999. The Morgan fingerprint density at radius 1 is 1.41 bits per heavy atom. The molecule has 0 spiro atoms. The Bertz CT molecular complexity index is 436. The van der Waals surface area contributed by atoms with Gasteiger partial charge in [-0.05, 0) is 44.6 Å². The number of carbonyl (C=O) groups excluding carboxylic acids is 1. The van der Waals surface area contributed by atoms with E-state index in [2.05, 4.69) is 36.7 Å². The van der Waals surface area contributed by atoms with E-state index in [9.17, 15) is 4.79 Å². The van der Waals surface area contributed by atoms with Gasteiger partial charge in [0.2, 0.25) is 5.91 Å². The van der Waals surface area contributed by atoms with Crippen molar-refractivity contribution in [2.24, 2.45) is 5.73 Å². The van der Waals surface area contributed by atoms with Crippen molar-refractivity contribution in [3.05, 3.63) is 33.3 Å². The number of benzene rings is 1. The average molecular weight is 300 g/mol. The predicted octanol–water partition coefficient (Wildman–Crippen LogP) is 2.99. The fourth-order valence-electron chi connectivity index (χ4n) is 1.78. The van der Waals surface area contributed by atoms with Crippen molar-refractivity contribution in [2.45, 2.75) is 32.8 Å². The highest BCUT2D eigenvalue weighted by Crippen LogP contribution is 2.31. The zero-order chi connectivity index (χ0) is 13.2. The molecule has 0 saturated heterocycles. The van der Waals surface area contributed by atoms with Gasteiger partial charge >= 0.3 is 0 Å². The van der Waals surface area contributed by atoms with Crippen molar-refractivity contribution in [3.63, 3.8) is 0 Å². The fraction of sp³-hybridized carbons (Fsp3) is 0.462. The first-order valence-electron chi connectivity index (χ1n) is 5.39. The molecule has 0 aliphatic carbocycles. The molecular formula is C13H18BrNO2. The van der Waals surface area contributed by atoms with Gasteiger partial charge in [-0.2, -0.15) is 0 Å². The Labute approximate surface area is 110 Å². The molecule has 0 fully saturated rings. The molecule has 0 aliphatic rings. The molecule has 2 N–H and O–H groups in total. The van der Waals surface area contributed by atoms with Gasteiger partial charge in [-0.15, -0.1) is 0 Å². The number of primary amides is 1. The molecule has 0 radical (unpaired) electrons. The normalized spacial score (nSPS) is 11.6. The topological polar surface area (TPSA) is 52.3 Å². The summed E-state index contributed by atoms with van der Waals surface area (Å²) < 4.78 is 5.90. The van der Waals surface area contributed by atoms with Crippen molar-refractivity contribution < 1.29 is 9.53 Å². The maximum Gasteiger partial charge on any atom is 0.249 e. The Morgan fingerprint density at radius 3 is 2.41 bits per heavy atom. The van der Waals surface area contributed by atoms with E-state index in [0.717, 1.165) is 15.6 Å². The van der Waals surface area contributed by atoms with Crippen LogP contribution in [0.1, 0.15) is 42.3 Å². The smallest absolute Gasteiger partial charge is 0.249 e. The van der Waals surface area contributed by atoms with E-state index in [1.807, 2.05) is 6.07 Å². The SMILES string of the molecule is COCc1cc(C(N)=O)c(Br)cc1C(C)(C)C. The van der Waals surface area contributed by atoms with Gasteiger partial charge in [0.15, 0.2) is 0 Å². The molecule has 0 bridgehead atoms. The number of halogens is 1. The van der Waals surface area contributed by atoms with Gasteiger partial charge in [-0.25, -0.2) is 0 Å². The van der Waals surface area contributed by atoms with Crippen molar-refractivity contribution in [1.29, 1.82) is 0 Å². The lowest BCUT2D eigenvalue weighted by Gasteiger charge is -2.24. The van der Waals surface area contributed by atoms with Gasteiger partial charge in [0.25, 0.3) is 0 Å². The van der Waals surface area contributed by atoms with Gasteiger partial charge in [0.1, 0.15) is 0 Å². The number of ether oxygens (including phenoxy) is 1. The summed E-state index contributed by atoms with van der Waals surface area (Å²) >= 11 is 3.38. The molecule has 17 heavy (non-hydrogen) atoms. The maximum absolute atomic E-state index is 11.3. The number of methoxy groups -OCH3 is 1. The third-order valence-electron chi connectivity index (χ3n) is 2.57. The van der Waals surface area contributed by atoms with Crippen LogP contribution < -0.4 is 5.73 Å². The molecule has 94 valence electrons. The largest absolute Gasteiger partial charge is 0.380 e. The van der Waals surface area contributed by atoms with E-state index >= 15 is 0 Å². The first-order chi connectivity index (χ1) is 7.77. The van der Waals surface area contributed by atoms with E-state index in [1.165, 1.54) is 0 Å². The minimum absolute atomic E-state index is 0.00738. The lowest BCUT2D eigenvalue weighted by Crippen LogP contribution is -2.18. The summed E-state index contributed by atoms with van der Waals surface area (Å²) in [6.45, 7) is 6.84. The summed E-state index contributed by atoms with van der Waals surface area (Å²) in [7, 11) is 1.64. The molecule has 3 nitrogen and oxygen atoms in total. The number of nitrogens with two attached hydrogens (primary N) is 1. The highest BCUT2D eigenvalue weighted by atomic mass is 79.9. The van der Waals surface area contributed by atoms with E-state index in [4.69, 9.17) is 10.5 Å². The summed E-state index contributed by atoms with van der Waals surface area (Å²) in [5, 5.41) is 0. The van der Waals surface area contributed by atoms with Crippen molar-refractivity contribution in [3.8, 4) is 0 Å². The van der Waals surface area contributed by atoms with Gasteiger partial charge < -0.3 is 10.5 Å². The van der Waals surface area contributed by atoms with Crippen LogP contribution in [0.3, 0.4) is 0 Å². The zero-order valence-electron chi connectivity index (χ0n) is 10.6. The molecule has 1 aromatic carbocycles. The molecule has 0 atom stereocenters. The van der Waals surface area contributed by atoms with Crippen molar-refractivity contribution in [2.75, 3.05) is 7.11 Å². The number of hydrogen-bond acceptors (Lipinski definition) is 2. The second-order valence-corrected chi connectivity index (χ2v) is 5.89. The first kappa shape index (κ1) is 14.2. The predicted molar refractivity (Wildman–Crippen MR) is 72.1 cm³/mol. The monoisotopic (exact) mass is 299 g/mol. The summed E-state index contributed by atoms with van der Waals surface area (Å²) in [6, 6.07) is 3.75. The van der Waals surface area contributed by atoms with Crippen molar-refractivity contribution >= 4 is 21.8 Å². The van der Waals surface area contributed by atoms with Crippen LogP contribution in [0.2, 0.25) is 0 Å². The molecule has 0 aromatic heterocycles. The minimum Gasteiger partial charge on any atom is -0.380 e. The third kappa shape index (κ3) is 3.30. The Morgan fingerprint density at radius 2 is 2.00 bits per heavy atom. The molecule has 0 saturated carbocycles. The van der Waals surface area contributed by atoms with Gasteiger partial charge in [0.05, 0.1) is 12.2 Å². The van der Waals surface area contributed by atoms with Crippen molar-refractivity contribution in [1.82, 2.24) is 0 Å². The first-order valence-corrected chi connectivity index (χ1v) is 6.18. The summed E-state index contributed by atoms with van der Waals surface area (Å²) in [5.74, 6) is -0.435. The Kier molecular flexibility index (Phi) is 4.33. The highest BCUT2D eigenvalue weighted by Gasteiger charge is 2.21. The molecule has 4 heteroatoms. The van der Waals surface area contributed by atoms with E-state index < -0.39 is 5.91 Å². The molecule has 0 aliphatic heterocycles. The number of hydrogen-bond donors (Lipinski definition) is 1. The van der Waals surface area contributed by atoms with E-state index in [-0.39, 0.29) is 5.41 Å². The lowest BCUT2D eigenvalue weighted by atomic mass is 9.83. The van der Waals surface area contributed by atoms with Crippen LogP contribution in [-0.4, -0.2) is 13.0 Å². The summed E-state index contributed by atoms with van der Waals surface area (Å²) in [4.78, 5) is 11.3. The van der Waals surface area contributed by atoms with Crippen LogP contribution in [0.4, 0.5) is 0 Å². The quantitative estimate of drug-likeness (QED) is 0.933. The average Bonchev–Trinajstić information content (AvgIpc) is 2.18. The fourth-order valence-corrected chi connectivity index (χ4v) is 2.32. The molecule has 0 heterocycles. The molecule has 1 aromatic rings. The number of carbonyl (C=O) groups is 1. The van der Waals surface area contributed by atoms with E-state index in [1.54, 1.807) is 13.2 Å². The van der Waals surface area contributed by atoms with Gasteiger partial charge in [-0.3, -0.25) is 4.79 Å². The number of amides is 1. The third-order valence-corrected chi connectivity index (χ3v) is 3.22. The van der Waals surface area contributed by atoms with Crippen LogP contribution >= 0.6 is 15.9 Å². The Balaban J connectivity index is 3.41. The van der Waals surface area contributed by atoms with Gasteiger partial charge in [-0.1, -0.05) is 20.8 Å². The summed E-state index contributed by atoms with van der Waals surface area (Å²) in [5.41, 5.74) is 7.96. The van der Waals surface area contributed by atoms with E-state index in [0.29, 0.717) is 12.2 Å². The van der Waals surface area contributed by atoms with Crippen LogP contribution in [0, 0.1) is 0 Å². The van der Waals surface area contributed by atoms with Gasteiger partial charge in [0, 0.05) is 11.6 Å². The Hall–Kier alpha value is -0.870. The minimum atomic E-state index is -0.435. The zero-order valence-corrected chi connectivity index (χ0v) is 12.2. The van der Waals surface area contributed by atoms with Crippen LogP contribution in [-0.2, 0) is 16.8 Å². The van der Waals surface area contributed by atoms with Crippen LogP contribution in [0.25, 0.3) is 0 Å². The maximum atomic E-state index is 11.3. The van der Waals surface area contributed by atoms with Crippen LogP contribution in [0.15, 0.2) is 16.6 Å². The number of rotatable bonds is 3. The second-order valence-electron chi connectivity index (χ2n) is 5.04. The molecule has 0 unspecified atom stereocenters. The summed E-state index contributed by atoms with van der Waals surface area (Å²) in [6.07, 6.45) is 0.